The quantitative estimate of drug-likeness (QED) is 0.636. The predicted octanol–water partition coefficient (Wildman–Crippen LogP) is 0.697. The molecule has 3 aromatic rings. The Morgan fingerprint density at radius 2 is 2.12 bits per heavy atom. The fourth-order valence-corrected chi connectivity index (χ4v) is 2.05. The van der Waals surface area contributed by atoms with Gasteiger partial charge in [0.2, 0.25) is 11.7 Å². The second-order valence-corrected chi connectivity index (χ2v) is 5.08. The summed E-state index contributed by atoms with van der Waals surface area (Å²) in [4.78, 5) is 43.7. The lowest BCUT2D eigenvalue weighted by Gasteiger charge is -2.02. The van der Waals surface area contributed by atoms with Gasteiger partial charge in [-0.05, 0) is 18.2 Å². The van der Waals surface area contributed by atoms with Gasteiger partial charge >= 0.3 is 0 Å². The number of aromatic nitrogens is 4. The normalized spacial score (nSPS) is 10.5. The van der Waals surface area contributed by atoms with E-state index in [0.717, 1.165) is 0 Å². The third-order valence-electron chi connectivity index (χ3n) is 3.05. The number of H-pyrrole nitrogens is 2. The molecule has 3 rings (SSSR count). The van der Waals surface area contributed by atoms with Crippen molar-refractivity contribution in [3.63, 3.8) is 0 Å². The summed E-state index contributed by atoms with van der Waals surface area (Å²) in [6.07, 6.45) is 2.73. The highest BCUT2D eigenvalue weighted by Gasteiger charge is 2.13. The Morgan fingerprint density at radius 1 is 1.29 bits per heavy atom. The molecule has 3 aromatic heterocycles. The monoisotopic (exact) mass is 347 g/mol. The maximum Gasteiger partial charge on any atom is 0.266 e. The molecular formula is C14H10ClN5O4. The topological polar surface area (TPSA) is 134 Å². The summed E-state index contributed by atoms with van der Waals surface area (Å²) in [6, 6.07) is 4.43. The van der Waals surface area contributed by atoms with Gasteiger partial charge in [-0.3, -0.25) is 14.4 Å². The molecular weight excluding hydrogens is 338 g/mol. The first kappa shape index (κ1) is 15.7. The number of hydrogen-bond donors (Lipinski definition) is 3. The molecule has 3 N–H and O–H groups in total. The molecule has 0 aliphatic carbocycles. The molecule has 0 bridgehead atoms. The van der Waals surface area contributed by atoms with Gasteiger partial charge in [0.1, 0.15) is 5.02 Å². The van der Waals surface area contributed by atoms with Gasteiger partial charge in [0.15, 0.2) is 0 Å². The lowest BCUT2D eigenvalue weighted by atomic mass is 10.2. The average Bonchev–Trinajstić information content (AvgIpc) is 3.04. The van der Waals surface area contributed by atoms with Gasteiger partial charge < -0.3 is 19.8 Å². The fourth-order valence-electron chi connectivity index (χ4n) is 1.88. The summed E-state index contributed by atoms with van der Waals surface area (Å²) in [7, 11) is 0. The molecule has 0 aliphatic rings. The molecule has 0 spiro atoms. The number of rotatable bonds is 4. The Hall–Kier alpha value is -3.20. The van der Waals surface area contributed by atoms with Gasteiger partial charge in [0.25, 0.3) is 17.0 Å². The third-order valence-corrected chi connectivity index (χ3v) is 3.33. The van der Waals surface area contributed by atoms with Crippen molar-refractivity contribution in [1.29, 1.82) is 0 Å². The number of aromatic amines is 2. The Labute approximate surface area is 138 Å². The summed E-state index contributed by atoms with van der Waals surface area (Å²) in [6.45, 7) is -0.0483. The van der Waals surface area contributed by atoms with E-state index in [1.807, 2.05) is 0 Å². The van der Waals surface area contributed by atoms with Crippen LogP contribution < -0.4 is 16.4 Å². The number of amides is 1. The Kier molecular flexibility index (Phi) is 4.25. The number of carbonyl (C=O) groups is 1. The second kappa shape index (κ2) is 6.50. The van der Waals surface area contributed by atoms with Gasteiger partial charge in [0, 0.05) is 12.4 Å². The van der Waals surface area contributed by atoms with Crippen LogP contribution in [0.25, 0.3) is 11.4 Å². The zero-order chi connectivity index (χ0) is 17.1. The first-order chi connectivity index (χ1) is 11.5. The van der Waals surface area contributed by atoms with Gasteiger partial charge in [-0.1, -0.05) is 16.8 Å². The maximum absolute atomic E-state index is 12.0. The van der Waals surface area contributed by atoms with E-state index in [9.17, 15) is 14.4 Å². The molecule has 0 aliphatic heterocycles. The predicted molar refractivity (Wildman–Crippen MR) is 83.6 cm³/mol. The maximum atomic E-state index is 12.0. The lowest BCUT2D eigenvalue weighted by molar-refractivity contribution is 0.0946. The first-order valence-corrected chi connectivity index (χ1v) is 7.09. The molecule has 10 heteroatoms. The molecule has 1 amide bonds. The van der Waals surface area contributed by atoms with E-state index in [1.54, 1.807) is 12.1 Å². The molecule has 0 aromatic carbocycles. The van der Waals surface area contributed by atoms with Crippen molar-refractivity contribution in [3.05, 3.63) is 67.8 Å². The van der Waals surface area contributed by atoms with E-state index in [2.05, 4.69) is 25.4 Å². The summed E-state index contributed by atoms with van der Waals surface area (Å²) >= 11 is 5.66. The van der Waals surface area contributed by atoms with E-state index in [0.29, 0.717) is 0 Å². The highest BCUT2D eigenvalue weighted by Crippen LogP contribution is 2.10. The van der Waals surface area contributed by atoms with Crippen LogP contribution >= 0.6 is 11.6 Å². The number of nitrogens with zero attached hydrogens (tertiary/aromatic N) is 2. The Morgan fingerprint density at radius 3 is 2.88 bits per heavy atom. The Bertz CT molecular complexity index is 1010. The largest absolute Gasteiger partial charge is 0.343 e. The number of halogens is 1. The number of pyridine rings is 2. The van der Waals surface area contributed by atoms with Crippen molar-refractivity contribution in [3.8, 4) is 11.4 Å². The summed E-state index contributed by atoms with van der Waals surface area (Å²) in [5, 5.41) is 6.15. The van der Waals surface area contributed by atoms with Gasteiger partial charge in [-0.15, -0.1) is 0 Å². The van der Waals surface area contributed by atoms with Crippen LogP contribution in [0.2, 0.25) is 5.02 Å². The minimum atomic E-state index is -0.483. The van der Waals surface area contributed by atoms with Crippen molar-refractivity contribution in [1.82, 2.24) is 25.4 Å². The summed E-state index contributed by atoms with van der Waals surface area (Å²) < 4.78 is 4.99. The van der Waals surface area contributed by atoms with Gasteiger partial charge in [0.05, 0.1) is 17.7 Å². The molecule has 0 saturated carbocycles. The van der Waals surface area contributed by atoms with Crippen molar-refractivity contribution in [2.45, 2.75) is 6.54 Å². The minimum absolute atomic E-state index is 0.0483. The molecule has 0 fully saturated rings. The van der Waals surface area contributed by atoms with Crippen LogP contribution in [0.4, 0.5) is 0 Å². The van der Waals surface area contributed by atoms with E-state index in [4.69, 9.17) is 16.1 Å². The lowest BCUT2D eigenvalue weighted by Crippen LogP contribution is -2.24. The number of hydrogen-bond acceptors (Lipinski definition) is 6. The molecule has 0 atom stereocenters. The minimum Gasteiger partial charge on any atom is -0.343 e. The van der Waals surface area contributed by atoms with E-state index in [1.165, 1.54) is 18.5 Å². The highest BCUT2D eigenvalue weighted by molar-refractivity contribution is 6.30. The molecule has 9 nitrogen and oxygen atoms in total. The Balaban J connectivity index is 1.70. The molecule has 0 saturated heterocycles. The second-order valence-electron chi connectivity index (χ2n) is 4.67. The molecule has 3 heterocycles. The van der Waals surface area contributed by atoms with E-state index < -0.39 is 11.5 Å². The fraction of sp³-hybridized carbons (Fsp3) is 0.0714. The van der Waals surface area contributed by atoms with Gasteiger partial charge in [-0.25, -0.2) is 0 Å². The van der Waals surface area contributed by atoms with Crippen LogP contribution in [-0.2, 0) is 6.54 Å². The van der Waals surface area contributed by atoms with Crippen molar-refractivity contribution in [2.75, 3.05) is 0 Å². The van der Waals surface area contributed by atoms with Crippen LogP contribution in [0.3, 0.4) is 0 Å². The zero-order valence-corrected chi connectivity index (χ0v) is 12.8. The van der Waals surface area contributed by atoms with Crippen molar-refractivity contribution < 1.29 is 9.32 Å². The standard InChI is InChI=1S/C14H10ClN5O4/c15-9-4-7(5-17-14(9)23)12(21)18-6-10-19-11(20-24-10)8-2-1-3-16-13(8)22/h1-5H,6H2,(H,16,22)(H,17,23)(H,18,21). The zero-order valence-electron chi connectivity index (χ0n) is 12.0. The molecule has 0 unspecified atom stereocenters. The van der Waals surface area contributed by atoms with Crippen LogP contribution in [0.15, 0.2) is 44.7 Å². The van der Waals surface area contributed by atoms with Crippen LogP contribution in [0.5, 0.6) is 0 Å². The van der Waals surface area contributed by atoms with Crippen LogP contribution in [-0.4, -0.2) is 26.0 Å². The van der Waals surface area contributed by atoms with Crippen molar-refractivity contribution in [2.24, 2.45) is 0 Å². The molecule has 0 radical (unpaired) electrons. The number of carbonyl (C=O) groups excluding carboxylic acids is 1. The van der Waals surface area contributed by atoms with E-state index >= 15 is 0 Å². The summed E-state index contributed by atoms with van der Waals surface area (Å²) in [5.74, 6) is -0.240. The molecule has 122 valence electrons. The number of nitrogens with one attached hydrogen (secondary N) is 3. The van der Waals surface area contributed by atoms with Crippen LogP contribution in [0, 0.1) is 0 Å². The SMILES string of the molecule is O=C(NCc1nc(-c2ccc[nH]c2=O)no1)c1c[nH]c(=O)c(Cl)c1. The molecule has 24 heavy (non-hydrogen) atoms. The van der Waals surface area contributed by atoms with Crippen molar-refractivity contribution >= 4 is 17.5 Å². The van der Waals surface area contributed by atoms with Gasteiger partial charge in [-0.2, -0.15) is 4.98 Å². The van der Waals surface area contributed by atoms with Crippen LogP contribution in [0.1, 0.15) is 16.2 Å². The smallest absolute Gasteiger partial charge is 0.266 e. The average molecular weight is 348 g/mol. The third kappa shape index (κ3) is 3.25. The summed E-state index contributed by atoms with van der Waals surface area (Å²) in [5.41, 5.74) is -0.398. The van der Waals surface area contributed by atoms with E-state index in [-0.39, 0.29) is 40.0 Å². The first-order valence-electron chi connectivity index (χ1n) is 6.71. The highest BCUT2D eigenvalue weighted by atomic mass is 35.5.